The van der Waals surface area contributed by atoms with Gasteiger partial charge in [-0.3, -0.25) is 0 Å². The van der Waals surface area contributed by atoms with Crippen molar-refractivity contribution < 1.29 is 45.4 Å². The number of rotatable bonds is 5. The summed E-state index contributed by atoms with van der Waals surface area (Å²) >= 11 is 0. The van der Waals surface area contributed by atoms with Crippen molar-refractivity contribution in [2.45, 2.75) is 38.9 Å². The normalized spacial score (nSPS) is 10.9. The minimum absolute atomic E-state index is 0.137. The maximum Gasteiger partial charge on any atom is 0.707 e. The summed E-state index contributed by atoms with van der Waals surface area (Å²) in [7, 11) is -2.71. The zero-order valence-corrected chi connectivity index (χ0v) is 16.1. The Labute approximate surface area is 158 Å². The van der Waals surface area contributed by atoms with Crippen molar-refractivity contribution in [1.29, 1.82) is 0 Å². The average molecular weight is 429 g/mol. The molecule has 28 heavy (non-hydrogen) atoms. The first-order valence-electron chi connectivity index (χ1n) is 8.21. The van der Waals surface area contributed by atoms with E-state index in [1.54, 1.807) is 0 Å². The topological polar surface area (TPSA) is 49.7 Å². The molecular weight excluding hydrogens is 412 g/mol. The molecule has 0 aliphatic carbocycles. The van der Waals surface area contributed by atoms with Gasteiger partial charge in [-0.15, -0.1) is 0 Å². The van der Waals surface area contributed by atoms with Crippen LogP contribution >= 0.6 is 0 Å². The molecule has 0 saturated carbocycles. The summed E-state index contributed by atoms with van der Waals surface area (Å²) in [4.78, 5) is 0. The third-order valence-corrected chi connectivity index (χ3v) is 7.02. The van der Waals surface area contributed by atoms with Crippen molar-refractivity contribution in [3.8, 4) is 5.75 Å². The fourth-order valence-electron chi connectivity index (χ4n) is 2.43. The Morgan fingerprint density at radius 3 is 1.32 bits per heavy atom. The van der Waals surface area contributed by atoms with E-state index in [1.165, 1.54) is 18.1 Å². The number of benzene rings is 2. The predicted molar refractivity (Wildman–Crippen MR) is 91.7 cm³/mol. The molecule has 0 saturated heterocycles. The molecule has 0 heterocycles. The second-order valence-electron chi connectivity index (χ2n) is 5.53. The lowest BCUT2D eigenvalue weighted by Gasteiger charge is -2.13. The molecule has 0 aromatic heterocycles. The summed E-state index contributed by atoms with van der Waals surface area (Å²) in [5.41, 5.74) is 0. The molecule has 2 aromatic rings. The van der Waals surface area contributed by atoms with Crippen molar-refractivity contribution in [1.82, 2.24) is 0 Å². The predicted octanol–water partition coefficient (Wildman–Crippen LogP) is 4.70. The maximum atomic E-state index is 13.6. The molecule has 1 radical (unpaired) electrons. The third kappa shape index (κ3) is 4.79. The first-order valence-corrected chi connectivity index (χ1v) is 10.3. The van der Waals surface area contributed by atoms with E-state index in [9.17, 15) is 30.7 Å². The summed E-state index contributed by atoms with van der Waals surface area (Å²) in [6.07, 6.45) is 0. The molecule has 12 heteroatoms. The van der Waals surface area contributed by atoms with Crippen LogP contribution in [0.15, 0.2) is 0 Å². The van der Waals surface area contributed by atoms with Gasteiger partial charge in [-0.1, -0.05) is 38.9 Å². The molecule has 0 aliphatic heterocycles. The molecular formula is C16H17BF7O3Si. The largest absolute Gasteiger partial charge is 0.707 e. The fourth-order valence-corrected chi connectivity index (χ4v) is 3.93. The molecule has 3 nitrogen and oxygen atoms in total. The van der Waals surface area contributed by atoms with Crippen LogP contribution in [0.4, 0.5) is 30.7 Å². The van der Waals surface area contributed by atoms with Gasteiger partial charge in [0, 0.05) is 8.80 Å². The molecule has 2 rings (SSSR count). The minimum Gasteiger partial charge on any atom is -0.509 e. The van der Waals surface area contributed by atoms with E-state index in [-0.39, 0.29) is 8.80 Å². The van der Waals surface area contributed by atoms with Crippen LogP contribution in [0.1, 0.15) is 20.8 Å². The van der Waals surface area contributed by atoms with E-state index >= 15 is 0 Å². The van der Waals surface area contributed by atoms with Gasteiger partial charge in [0.15, 0.2) is 40.7 Å². The van der Waals surface area contributed by atoms with Gasteiger partial charge in [-0.2, -0.15) is 4.39 Å². The van der Waals surface area contributed by atoms with Gasteiger partial charge < -0.3 is 14.7 Å². The lowest BCUT2D eigenvalue weighted by atomic mass is 10.0. The van der Waals surface area contributed by atoms with Crippen LogP contribution in [0.2, 0.25) is 18.1 Å². The summed E-state index contributed by atoms with van der Waals surface area (Å²) < 4.78 is 97.1. The highest BCUT2D eigenvalue weighted by Crippen LogP contribution is 2.38. The summed E-state index contributed by atoms with van der Waals surface area (Å²) in [6, 6.07) is 4.37. The zero-order chi connectivity index (χ0) is 21.8. The molecule has 2 N–H and O–H groups in total. The fraction of sp³-hybridized carbons (Fsp3) is 0.375. The molecule has 0 bridgehead atoms. The summed E-state index contributed by atoms with van der Waals surface area (Å²) in [6.45, 7) is 6.92. The van der Waals surface area contributed by atoms with Crippen molar-refractivity contribution in [3.63, 3.8) is 0 Å². The molecule has 0 amide bonds. The van der Waals surface area contributed by atoms with Crippen LogP contribution in [0.3, 0.4) is 0 Å². The van der Waals surface area contributed by atoms with Gasteiger partial charge >= 0.3 is 7.32 Å². The SMILES string of the molecule is CC[Si](CC)CC.OB(O)Oc1c(F)c(F)c(F)c2c(F)c(F)c(F)c(F)c12. The lowest BCUT2D eigenvalue weighted by Crippen LogP contribution is -2.22. The van der Waals surface area contributed by atoms with Crippen LogP contribution < -0.4 is 4.65 Å². The van der Waals surface area contributed by atoms with E-state index in [2.05, 4.69) is 25.4 Å². The van der Waals surface area contributed by atoms with Crippen molar-refractivity contribution in [2.24, 2.45) is 0 Å². The quantitative estimate of drug-likeness (QED) is 0.314. The molecule has 0 aliphatic rings. The van der Waals surface area contributed by atoms with Crippen LogP contribution in [0.25, 0.3) is 10.8 Å². The van der Waals surface area contributed by atoms with Gasteiger partial charge in [0.2, 0.25) is 5.82 Å². The smallest absolute Gasteiger partial charge is 0.509 e. The van der Waals surface area contributed by atoms with Crippen LogP contribution in [0.5, 0.6) is 5.75 Å². The van der Waals surface area contributed by atoms with E-state index < -0.39 is 64.6 Å². The Morgan fingerprint density at radius 1 is 0.643 bits per heavy atom. The summed E-state index contributed by atoms with van der Waals surface area (Å²) in [5, 5.41) is 13.6. The first-order chi connectivity index (χ1) is 13.0. The van der Waals surface area contributed by atoms with Crippen molar-refractivity contribution >= 4 is 26.9 Å². The molecule has 155 valence electrons. The molecule has 0 atom stereocenters. The number of halogens is 7. The highest BCUT2D eigenvalue weighted by molar-refractivity contribution is 6.58. The maximum absolute atomic E-state index is 13.6. The van der Waals surface area contributed by atoms with E-state index in [1.807, 2.05) is 0 Å². The van der Waals surface area contributed by atoms with Gasteiger partial charge in [-0.25, -0.2) is 26.3 Å². The Hall–Kier alpha value is -1.79. The minimum atomic E-state index is -2.84. The monoisotopic (exact) mass is 429 g/mol. The molecule has 2 aromatic carbocycles. The molecule has 0 spiro atoms. The second-order valence-corrected chi connectivity index (χ2v) is 9.15. The highest BCUT2D eigenvalue weighted by Gasteiger charge is 2.32. The molecule has 0 unspecified atom stereocenters. The second kappa shape index (κ2) is 10.1. The average Bonchev–Trinajstić information content (AvgIpc) is 2.66. The highest BCUT2D eigenvalue weighted by atomic mass is 28.3. The standard InChI is InChI=1S/C10H2BF7O3.C6H15Si/c12-3-1-2(5(14)7(16)6(3)15)10(21-11(19)20)9(18)8(17)4(1)13;1-4-7(5-2)6-3/h19-20H;4-6H2,1-3H3. The Bertz CT molecular complexity index is 834. The first kappa shape index (κ1) is 24.2. The zero-order valence-electron chi connectivity index (χ0n) is 15.1. The summed E-state index contributed by atoms with van der Waals surface area (Å²) in [5.74, 6) is -18.3. The van der Waals surface area contributed by atoms with Crippen LogP contribution in [0, 0.1) is 40.7 Å². The number of hydrogen-bond donors (Lipinski definition) is 2. The van der Waals surface area contributed by atoms with Gasteiger partial charge in [-0.05, 0) is 0 Å². The van der Waals surface area contributed by atoms with Gasteiger partial charge in [0.05, 0.1) is 10.8 Å². The Morgan fingerprint density at radius 2 is 1.00 bits per heavy atom. The third-order valence-electron chi connectivity index (χ3n) is 4.02. The van der Waals surface area contributed by atoms with E-state index in [0.29, 0.717) is 0 Å². The van der Waals surface area contributed by atoms with Crippen molar-refractivity contribution in [3.05, 3.63) is 40.7 Å². The van der Waals surface area contributed by atoms with Gasteiger partial charge in [0.1, 0.15) is 0 Å². The van der Waals surface area contributed by atoms with Gasteiger partial charge in [0.25, 0.3) is 0 Å². The van der Waals surface area contributed by atoms with Crippen molar-refractivity contribution in [2.75, 3.05) is 0 Å². The van der Waals surface area contributed by atoms with E-state index in [4.69, 9.17) is 10.0 Å². The number of hydrogen-bond acceptors (Lipinski definition) is 3. The molecule has 0 fully saturated rings. The lowest BCUT2D eigenvalue weighted by molar-refractivity contribution is 0.279. The van der Waals surface area contributed by atoms with E-state index in [0.717, 1.165) is 0 Å². The number of fused-ring (bicyclic) bond motifs is 1. The van der Waals surface area contributed by atoms with Crippen LogP contribution in [-0.2, 0) is 0 Å². The Kier molecular flexibility index (Phi) is 8.77. The van der Waals surface area contributed by atoms with Crippen LogP contribution in [-0.4, -0.2) is 26.2 Å². The Balaban J connectivity index is 0.000000480.